The predicted molar refractivity (Wildman–Crippen MR) is 108 cm³/mol. The van der Waals surface area contributed by atoms with Gasteiger partial charge >= 0.3 is 6.09 Å². The average Bonchev–Trinajstić information content (AvgIpc) is 2.58. The summed E-state index contributed by atoms with van der Waals surface area (Å²) in [6.45, 7) is 5.97. The van der Waals surface area contributed by atoms with Crippen molar-refractivity contribution in [3.63, 3.8) is 0 Å². The van der Waals surface area contributed by atoms with Gasteiger partial charge in [-0.25, -0.2) is 4.79 Å². The number of nitrogens with zero attached hydrogens (tertiary/aromatic N) is 1. The fourth-order valence-electron chi connectivity index (χ4n) is 2.66. The Bertz CT molecular complexity index is 931. The van der Waals surface area contributed by atoms with Gasteiger partial charge in [0.2, 0.25) is 0 Å². The molecule has 3 aromatic rings. The van der Waals surface area contributed by atoms with Crippen molar-refractivity contribution >= 4 is 32.9 Å². The molecule has 0 radical (unpaired) electrons. The van der Waals surface area contributed by atoms with Crippen LogP contribution in [0.1, 0.15) is 26.3 Å². The van der Waals surface area contributed by atoms with E-state index in [-0.39, 0.29) is 0 Å². The number of rotatable bonds is 3. The predicted octanol–water partition coefficient (Wildman–Crippen LogP) is 5.69. The van der Waals surface area contributed by atoms with Gasteiger partial charge in [0.25, 0.3) is 0 Å². The highest BCUT2D eigenvalue weighted by molar-refractivity contribution is 9.10. The first kappa shape index (κ1) is 18.4. The summed E-state index contributed by atoms with van der Waals surface area (Å²) in [6.07, 6.45) is 1.41. The van der Waals surface area contributed by atoms with Gasteiger partial charge in [0, 0.05) is 22.6 Å². The molecule has 5 heteroatoms. The molecule has 3 rings (SSSR count). The normalized spacial score (nSPS) is 11.4. The molecule has 1 amide bonds. The van der Waals surface area contributed by atoms with Gasteiger partial charge in [0.15, 0.2) is 0 Å². The van der Waals surface area contributed by atoms with Crippen LogP contribution in [0.2, 0.25) is 0 Å². The Morgan fingerprint density at radius 3 is 2.54 bits per heavy atom. The van der Waals surface area contributed by atoms with Crippen LogP contribution < -0.4 is 5.32 Å². The Morgan fingerprint density at radius 2 is 1.85 bits per heavy atom. The SMILES string of the molecule is CC(C)(C)OC(=O)NCc1ccc(-c2ccnc3ccc(Br)cc23)cc1. The number of pyridine rings is 1. The van der Waals surface area contributed by atoms with Crippen LogP contribution in [0.15, 0.2) is 59.2 Å². The minimum atomic E-state index is -0.495. The number of nitrogens with one attached hydrogen (secondary N) is 1. The third-order valence-electron chi connectivity index (χ3n) is 3.80. The molecular weight excluding hydrogens is 392 g/mol. The lowest BCUT2D eigenvalue weighted by molar-refractivity contribution is 0.0523. The number of carbonyl (C=O) groups excluding carboxylic acids is 1. The fraction of sp³-hybridized carbons (Fsp3) is 0.238. The molecule has 0 unspecified atom stereocenters. The second-order valence-electron chi connectivity index (χ2n) is 7.07. The van der Waals surface area contributed by atoms with E-state index in [2.05, 4.69) is 44.4 Å². The van der Waals surface area contributed by atoms with E-state index in [4.69, 9.17) is 4.74 Å². The number of benzene rings is 2. The summed E-state index contributed by atoms with van der Waals surface area (Å²) in [5.41, 5.74) is 3.71. The van der Waals surface area contributed by atoms with Gasteiger partial charge in [-0.2, -0.15) is 0 Å². The minimum Gasteiger partial charge on any atom is -0.444 e. The van der Waals surface area contributed by atoms with Crippen LogP contribution in [0.5, 0.6) is 0 Å². The summed E-state index contributed by atoms with van der Waals surface area (Å²) >= 11 is 3.53. The zero-order chi connectivity index (χ0) is 18.7. The quantitative estimate of drug-likeness (QED) is 0.600. The number of hydrogen-bond acceptors (Lipinski definition) is 3. The van der Waals surface area contributed by atoms with Crippen molar-refractivity contribution in [3.05, 3.63) is 64.8 Å². The Balaban J connectivity index is 1.76. The zero-order valence-corrected chi connectivity index (χ0v) is 16.6. The first-order chi connectivity index (χ1) is 12.3. The van der Waals surface area contributed by atoms with E-state index in [1.54, 1.807) is 0 Å². The van der Waals surface area contributed by atoms with Crippen LogP contribution in [0.25, 0.3) is 22.0 Å². The van der Waals surface area contributed by atoms with E-state index in [0.717, 1.165) is 32.1 Å². The molecule has 0 aliphatic carbocycles. The number of halogens is 1. The number of amides is 1. The van der Waals surface area contributed by atoms with E-state index in [1.807, 2.05) is 57.3 Å². The van der Waals surface area contributed by atoms with Crippen LogP contribution in [-0.2, 0) is 11.3 Å². The molecule has 134 valence electrons. The molecule has 4 nitrogen and oxygen atoms in total. The molecular formula is C21H21BrN2O2. The standard InChI is InChI=1S/C21H21BrN2O2/c1-21(2,3)26-20(25)24-13-14-4-6-15(7-5-14)17-10-11-23-19-9-8-16(22)12-18(17)19/h4-12H,13H2,1-3H3,(H,24,25). The van der Waals surface area contributed by atoms with Gasteiger partial charge in [-0.15, -0.1) is 0 Å². The van der Waals surface area contributed by atoms with E-state index in [9.17, 15) is 4.79 Å². The molecule has 0 spiro atoms. The van der Waals surface area contributed by atoms with Crippen LogP contribution in [0.3, 0.4) is 0 Å². The fourth-order valence-corrected chi connectivity index (χ4v) is 3.02. The lowest BCUT2D eigenvalue weighted by Crippen LogP contribution is -2.32. The Kier molecular flexibility index (Phi) is 5.28. The maximum atomic E-state index is 11.8. The van der Waals surface area contributed by atoms with Crippen molar-refractivity contribution in [3.8, 4) is 11.1 Å². The largest absolute Gasteiger partial charge is 0.444 e. The molecule has 0 aliphatic rings. The van der Waals surface area contributed by atoms with Crippen molar-refractivity contribution in [1.29, 1.82) is 0 Å². The van der Waals surface area contributed by atoms with Crippen molar-refractivity contribution in [2.24, 2.45) is 0 Å². The van der Waals surface area contributed by atoms with Gasteiger partial charge in [-0.3, -0.25) is 4.98 Å². The number of ether oxygens (including phenoxy) is 1. The maximum absolute atomic E-state index is 11.8. The topological polar surface area (TPSA) is 51.2 Å². The van der Waals surface area contributed by atoms with Crippen molar-refractivity contribution in [2.45, 2.75) is 32.9 Å². The number of alkyl carbamates (subject to hydrolysis) is 1. The monoisotopic (exact) mass is 412 g/mol. The third-order valence-corrected chi connectivity index (χ3v) is 4.30. The smallest absolute Gasteiger partial charge is 0.407 e. The molecule has 1 N–H and O–H groups in total. The molecule has 0 aliphatic heterocycles. The average molecular weight is 413 g/mol. The van der Waals surface area contributed by atoms with Crippen LogP contribution in [-0.4, -0.2) is 16.7 Å². The number of fused-ring (bicyclic) bond motifs is 1. The summed E-state index contributed by atoms with van der Waals surface area (Å²) in [4.78, 5) is 16.2. The van der Waals surface area contributed by atoms with E-state index in [1.165, 1.54) is 0 Å². The van der Waals surface area contributed by atoms with E-state index in [0.29, 0.717) is 6.54 Å². The molecule has 0 fully saturated rings. The molecule has 26 heavy (non-hydrogen) atoms. The van der Waals surface area contributed by atoms with Gasteiger partial charge < -0.3 is 10.1 Å². The number of carbonyl (C=O) groups is 1. The third kappa shape index (κ3) is 4.61. The lowest BCUT2D eigenvalue weighted by atomic mass is 10.0. The summed E-state index contributed by atoms with van der Waals surface area (Å²) in [5, 5.41) is 3.87. The van der Waals surface area contributed by atoms with Crippen LogP contribution in [0, 0.1) is 0 Å². The molecule has 0 bridgehead atoms. The second-order valence-corrected chi connectivity index (χ2v) is 7.99. The summed E-state index contributed by atoms with van der Waals surface area (Å²) in [5.74, 6) is 0. The molecule has 2 aromatic carbocycles. The summed E-state index contributed by atoms with van der Waals surface area (Å²) < 4.78 is 6.28. The van der Waals surface area contributed by atoms with Crippen molar-refractivity contribution < 1.29 is 9.53 Å². The van der Waals surface area contributed by atoms with E-state index >= 15 is 0 Å². The van der Waals surface area contributed by atoms with Gasteiger partial charge in [0.1, 0.15) is 5.60 Å². The molecule has 1 aromatic heterocycles. The maximum Gasteiger partial charge on any atom is 0.407 e. The zero-order valence-electron chi connectivity index (χ0n) is 15.0. The Morgan fingerprint density at radius 1 is 1.12 bits per heavy atom. The first-order valence-corrected chi connectivity index (χ1v) is 9.21. The van der Waals surface area contributed by atoms with Crippen molar-refractivity contribution in [2.75, 3.05) is 0 Å². The van der Waals surface area contributed by atoms with E-state index < -0.39 is 11.7 Å². The molecule has 1 heterocycles. The minimum absolute atomic E-state index is 0.411. The molecule has 0 atom stereocenters. The van der Waals surface area contributed by atoms with Crippen molar-refractivity contribution in [1.82, 2.24) is 10.3 Å². The van der Waals surface area contributed by atoms with Gasteiger partial charge in [-0.1, -0.05) is 40.2 Å². The summed E-state index contributed by atoms with van der Waals surface area (Å²) in [7, 11) is 0. The second kappa shape index (κ2) is 7.46. The lowest BCUT2D eigenvalue weighted by Gasteiger charge is -2.19. The highest BCUT2D eigenvalue weighted by atomic mass is 79.9. The first-order valence-electron chi connectivity index (χ1n) is 8.42. The van der Waals surface area contributed by atoms with Crippen LogP contribution in [0.4, 0.5) is 4.79 Å². The number of aromatic nitrogens is 1. The highest BCUT2D eigenvalue weighted by Gasteiger charge is 2.15. The number of hydrogen-bond donors (Lipinski definition) is 1. The van der Waals surface area contributed by atoms with Gasteiger partial charge in [-0.05, 0) is 61.7 Å². The summed E-state index contributed by atoms with van der Waals surface area (Å²) in [6, 6.07) is 16.2. The highest BCUT2D eigenvalue weighted by Crippen LogP contribution is 2.29. The Labute approximate surface area is 161 Å². The molecule has 0 saturated carbocycles. The van der Waals surface area contributed by atoms with Gasteiger partial charge in [0.05, 0.1) is 5.52 Å². The molecule has 0 saturated heterocycles. The Hall–Kier alpha value is -2.40. The van der Waals surface area contributed by atoms with Crippen LogP contribution >= 0.6 is 15.9 Å².